The van der Waals surface area contributed by atoms with Crippen LogP contribution in [0.3, 0.4) is 0 Å². The second kappa shape index (κ2) is 5.26. The summed E-state index contributed by atoms with van der Waals surface area (Å²) in [6.07, 6.45) is 1.54. The highest BCUT2D eigenvalue weighted by atomic mass is 16.3. The largest absolute Gasteiger partial charge is 0.508 e. The summed E-state index contributed by atoms with van der Waals surface area (Å²) in [6.45, 7) is 1.85. The molecular formula is C13H13N3O3. The minimum Gasteiger partial charge on any atom is -0.508 e. The van der Waals surface area contributed by atoms with E-state index in [2.05, 4.69) is 15.6 Å². The van der Waals surface area contributed by atoms with Crippen molar-refractivity contribution in [3.8, 4) is 11.5 Å². The third-order valence-electron chi connectivity index (χ3n) is 2.33. The molecule has 2 aromatic rings. The molecule has 0 radical (unpaired) electrons. The van der Waals surface area contributed by atoms with Crippen molar-refractivity contribution in [3.05, 3.63) is 42.2 Å². The number of urea groups is 1. The number of phenols is 2. The maximum atomic E-state index is 11.7. The average molecular weight is 259 g/mol. The topological polar surface area (TPSA) is 94.5 Å². The number of carbonyl (C=O) groups is 1. The van der Waals surface area contributed by atoms with Crippen LogP contribution in [0.4, 0.5) is 16.2 Å². The Morgan fingerprint density at radius 3 is 2.26 bits per heavy atom. The summed E-state index contributed by atoms with van der Waals surface area (Å²) in [5.41, 5.74) is 1.69. The van der Waals surface area contributed by atoms with Crippen molar-refractivity contribution < 1.29 is 15.0 Å². The Labute approximate surface area is 109 Å². The number of aromatic hydroxyl groups is 2. The molecule has 0 saturated heterocycles. The number of amides is 2. The maximum absolute atomic E-state index is 11.7. The molecule has 0 fully saturated rings. The first-order valence-electron chi connectivity index (χ1n) is 5.56. The first kappa shape index (κ1) is 12.7. The van der Waals surface area contributed by atoms with E-state index in [1.165, 1.54) is 24.4 Å². The van der Waals surface area contributed by atoms with Crippen LogP contribution < -0.4 is 10.6 Å². The van der Waals surface area contributed by atoms with E-state index in [0.29, 0.717) is 5.69 Å². The third kappa shape index (κ3) is 3.60. The fourth-order valence-corrected chi connectivity index (χ4v) is 1.50. The van der Waals surface area contributed by atoms with Gasteiger partial charge in [0.15, 0.2) is 0 Å². The molecule has 4 N–H and O–H groups in total. The molecule has 6 heteroatoms. The van der Waals surface area contributed by atoms with E-state index in [-0.39, 0.29) is 17.2 Å². The number of pyridine rings is 1. The summed E-state index contributed by atoms with van der Waals surface area (Å²) in [5.74, 6) is -0.264. The zero-order valence-electron chi connectivity index (χ0n) is 10.2. The van der Waals surface area contributed by atoms with Crippen molar-refractivity contribution in [2.24, 2.45) is 0 Å². The lowest BCUT2D eigenvalue weighted by molar-refractivity contribution is 0.262. The Morgan fingerprint density at radius 1 is 1.05 bits per heavy atom. The lowest BCUT2D eigenvalue weighted by Gasteiger charge is -2.08. The van der Waals surface area contributed by atoms with Crippen LogP contribution >= 0.6 is 0 Å². The summed E-state index contributed by atoms with van der Waals surface area (Å²) in [4.78, 5) is 15.7. The SMILES string of the molecule is Cc1ccc(NC(=O)Nc2cc(O)cc(O)c2)cn1. The van der Waals surface area contributed by atoms with Crippen LogP contribution in [0.15, 0.2) is 36.5 Å². The number of aryl methyl sites for hydroxylation is 1. The Hall–Kier alpha value is -2.76. The molecule has 19 heavy (non-hydrogen) atoms. The minimum absolute atomic E-state index is 0.132. The number of benzene rings is 1. The van der Waals surface area contributed by atoms with Gasteiger partial charge in [-0.2, -0.15) is 0 Å². The number of aromatic nitrogens is 1. The van der Waals surface area contributed by atoms with Crippen molar-refractivity contribution in [3.63, 3.8) is 0 Å². The van der Waals surface area contributed by atoms with Gasteiger partial charge >= 0.3 is 6.03 Å². The van der Waals surface area contributed by atoms with Crippen LogP contribution in [0.2, 0.25) is 0 Å². The predicted octanol–water partition coefficient (Wildman–Crippen LogP) is 2.45. The van der Waals surface area contributed by atoms with Crippen LogP contribution in [-0.4, -0.2) is 21.2 Å². The van der Waals surface area contributed by atoms with Crippen LogP contribution in [0.5, 0.6) is 11.5 Å². The van der Waals surface area contributed by atoms with Crippen molar-refractivity contribution in [1.29, 1.82) is 0 Å². The van der Waals surface area contributed by atoms with Crippen molar-refractivity contribution in [2.45, 2.75) is 6.92 Å². The van der Waals surface area contributed by atoms with Gasteiger partial charge in [-0.05, 0) is 19.1 Å². The van der Waals surface area contributed by atoms with Gasteiger partial charge in [0.1, 0.15) is 11.5 Å². The number of nitrogens with zero attached hydrogens (tertiary/aromatic N) is 1. The summed E-state index contributed by atoms with van der Waals surface area (Å²) >= 11 is 0. The summed E-state index contributed by atoms with van der Waals surface area (Å²) < 4.78 is 0. The molecule has 0 aliphatic rings. The van der Waals surface area contributed by atoms with E-state index >= 15 is 0 Å². The number of rotatable bonds is 2. The van der Waals surface area contributed by atoms with Crippen LogP contribution in [0.25, 0.3) is 0 Å². The van der Waals surface area contributed by atoms with Crippen LogP contribution in [-0.2, 0) is 0 Å². The highest BCUT2D eigenvalue weighted by molar-refractivity contribution is 5.99. The standard InChI is InChI=1S/C13H13N3O3/c1-8-2-3-9(7-14-8)15-13(19)16-10-4-11(17)6-12(18)5-10/h2-7,17-18H,1H3,(H2,15,16,19). The number of hydrogen-bond donors (Lipinski definition) is 4. The molecule has 0 spiro atoms. The predicted molar refractivity (Wildman–Crippen MR) is 71.4 cm³/mol. The minimum atomic E-state index is -0.490. The van der Waals surface area contributed by atoms with Gasteiger partial charge in [-0.25, -0.2) is 4.79 Å². The van der Waals surface area contributed by atoms with Gasteiger partial charge in [-0.15, -0.1) is 0 Å². The van der Waals surface area contributed by atoms with Gasteiger partial charge in [0.05, 0.1) is 11.9 Å². The highest BCUT2D eigenvalue weighted by Crippen LogP contribution is 2.23. The van der Waals surface area contributed by atoms with E-state index in [9.17, 15) is 15.0 Å². The van der Waals surface area contributed by atoms with Crippen molar-refractivity contribution >= 4 is 17.4 Å². The van der Waals surface area contributed by atoms with E-state index < -0.39 is 6.03 Å². The lowest BCUT2D eigenvalue weighted by atomic mass is 10.3. The Morgan fingerprint density at radius 2 is 1.68 bits per heavy atom. The third-order valence-corrected chi connectivity index (χ3v) is 2.33. The summed E-state index contributed by atoms with van der Waals surface area (Å²) in [7, 11) is 0. The molecule has 1 heterocycles. The molecule has 0 atom stereocenters. The fraction of sp³-hybridized carbons (Fsp3) is 0.0769. The fourth-order valence-electron chi connectivity index (χ4n) is 1.50. The highest BCUT2D eigenvalue weighted by Gasteiger charge is 2.05. The van der Waals surface area contributed by atoms with Crippen molar-refractivity contribution in [1.82, 2.24) is 4.98 Å². The smallest absolute Gasteiger partial charge is 0.323 e. The van der Waals surface area contributed by atoms with E-state index in [0.717, 1.165) is 5.69 Å². The number of hydrogen-bond acceptors (Lipinski definition) is 4. The summed E-state index contributed by atoms with van der Waals surface area (Å²) in [6, 6.07) is 6.83. The number of carbonyl (C=O) groups excluding carboxylic acids is 1. The molecule has 6 nitrogen and oxygen atoms in total. The molecule has 0 aliphatic heterocycles. The molecule has 2 rings (SSSR count). The zero-order chi connectivity index (χ0) is 13.8. The number of phenolic OH excluding ortho intramolecular Hbond substituents is 2. The van der Waals surface area contributed by atoms with E-state index in [1.807, 2.05) is 6.92 Å². The van der Waals surface area contributed by atoms with Gasteiger partial charge in [0.25, 0.3) is 0 Å². The maximum Gasteiger partial charge on any atom is 0.323 e. The van der Waals surface area contributed by atoms with Gasteiger partial charge in [-0.3, -0.25) is 4.98 Å². The molecule has 1 aromatic carbocycles. The summed E-state index contributed by atoms with van der Waals surface area (Å²) in [5, 5.41) is 23.6. The monoisotopic (exact) mass is 259 g/mol. The van der Waals surface area contributed by atoms with Crippen LogP contribution in [0.1, 0.15) is 5.69 Å². The Kier molecular flexibility index (Phi) is 3.51. The molecule has 0 unspecified atom stereocenters. The molecule has 1 aromatic heterocycles. The van der Waals surface area contributed by atoms with Crippen molar-refractivity contribution in [2.75, 3.05) is 10.6 Å². The Bertz CT molecular complexity index is 576. The number of anilines is 2. The molecule has 98 valence electrons. The van der Waals surface area contributed by atoms with Gasteiger partial charge in [0, 0.05) is 29.6 Å². The van der Waals surface area contributed by atoms with Gasteiger partial charge < -0.3 is 20.8 Å². The number of nitrogens with one attached hydrogen (secondary N) is 2. The first-order valence-corrected chi connectivity index (χ1v) is 5.56. The average Bonchev–Trinajstić information content (AvgIpc) is 2.30. The van der Waals surface area contributed by atoms with E-state index in [4.69, 9.17) is 0 Å². The second-order valence-corrected chi connectivity index (χ2v) is 4.01. The van der Waals surface area contributed by atoms with Gasteiger partial charge in [-0.1, -0.05) is 0 Å². The first-order chi connectivity index (χ1) is 9.02. The van der Waals surface area contributed by atoms with Gasteiger partial charge in [0.2, 0.25) is 0 Å². The molecule has 2 amide bonds. The zero-order valence-corrected chi connectivity index (χ0v) is 10.2. The Balaban J connectivity index is 2.03. The molecule has 0 aliphatic carbocycles. The normalized spacial score (nSPS) is 9.95. The molecular weight excluding hydrogens is 246 g/mol. The van der Waals surface area contributed by atoms with E-state index in [1.54, 1.807) is 12.1 Å². The quantitative estimate of drug-likeness (QED) is 0.666. The lowest BCUT2D eigenvalue weighted by Crippen LogP contribution is -2.19. The second-order valence-electron chi connectivity index (χ2n) is 4.01. The molecule has 0 bridgehead atoms. The molecule has 0 saturated carbocycles. The van der Waals surface area contributed by atoms with Crippen LogP contribution in [0, 0.1) is 6.92 Å².